The third-order valence-corrected chi connectivity index (χ3v) is 2.66. The molecule has 1 aromatic rings. The molecule has 1 atom stereocenters. The number of Topliss-reactive ketones (excluding diaryl/α,β-unsaturated/α-hetero) is 1. The van der Waals surface area contributed by atoms with Crippen molar-refractivity contribution in [2.45, 2.75) is 32.8 Å². The van der Waals surface area contributed by atoms with Crippen LogP contribution in [0.25, 0.3) is 0 Å². The molecule has 19 heavy (non-hydrogen) atoms. The van der Waals surface area contributed by atoms with E-state index < -0.39 is 5.97 Å². The number of carbonyl (C=O) groups excluding carboxylic acids is 1. The zero-order valence-electron chi connectivity index (χ0n) is 11.3. The molecule has 0 spiro atoms. The zero-order chi connectivity index (χ0) is 14.4. The van der Waals surface area contributed by atoms with Gasteiger partial charge in [0.15, 0.2) is 17.3 Å². The topological polar surface area (TPSA) is 72.8 Å². The fourth-order valence-electron chi connectivity index (χ4n) is 1.59. The number of carboxylic acid groups (broad SMARTS) is 1. The van der Waals surface area contributed by atoms with E-state index in [4.69, 9.17) is 14.6 Å². The van der Waals surface area contributed by atoms with Crippen molar-refractivity contribution in [3.05, 3.63) is 23.8 Å². The first-order valence-corrected chi connectivity index (χ1v) is 6.01. The Morgan fingerprint density at radius 1 is 1.32 bits per heavy atom. The standard InChI is InChI=1S/C14H18O5/c1-9(4-7-14(16)17)19-12-6-5-11(10(2)15)8-13(12)18-3/h5-6,8-9H,4,7H2,1-3H3,(H,16,17). The van der Waals surface area contributed by atoms with E-state index in [1.54, 1.807) is 25.1 Å². The first-order chi connectivity index (χ1) is 8.93. The largest absolute Gasteiger partial charge is 0.493 e. The Kier molecular flexibility index (Phi) is 5.36. The summed E-state index contributed by atoms with van der Waals surface area (Å²) < 4.78 is 10.8. The molecule has 0 saturated heterocycles. The Hall–Kier alpha value is -2.04. The number of carbonyl (C=O) groups is 2. The van der Waals surface area contributed by atoms with E-state index in [1.165, 1.54) is 14.0 Å². The highest BCUT2D eigenvalue weighted by molar-refractivity contribution is 5.94. The minimum Gasteiger partial charge on any atom is -0.493 e. The number of benzene rings is 1. The molecule has 5 heteroatoms. The van der Waals surface area contributed by atoms with Crippen molar-refractivity contribution < 1.29 is 24.2 Å². The van der Waals surface area contributed by atoms with Gasteiger partial charge in [-0.1, -0.05) is 0 Å². The number of methoxy groups -OCH3 is 1. The highest BCUT2D eigenvalue weighted by Gasteiger charge is 2.12. The molecule has 1 unspecified atom stereocenters. The SMILES string of the molecule is COc1cc(C(C)=O)ccc1OC(C)CCC(=O)O. The van der Waals surface area contributed by atoms with Gasteiger partial charge in [-0.2, -0.15) is 0 Å². The second-order valence-electron chi connectivity index (χ2n) is 4.28. The predicted molar refractivity (Wildman–Crippen MR) is 70.0 cm³/mol. The van der Waals surface area contributed by atoms with Crippen LogP contribution in [0.3, 0.4) is 0 Å². The average Bonchev–Trinajstić information content (AvgIpc) is 2.36. The molecule has 0 aliphatic carbocycles. The molecule has 0 bridgehead atoms. The van der Waals surface area contributed by atoms with Crippen LogP contribution in [0.4, 0.5) is 0 Å². The number of ether oxygens (including phenoxy) is 2. The monoisotopic (exact) mass is 266 g/mol. The fourth-order valence-corrected chi connectivity index (χ4v) is 1.59. The molecule has 1 N–H and O–H groups in total. The Morgan fingerprint density at radius 3 is 2.53 bits per heavy atom. The van der Waals surface area contributed by atoms with Crippen LogP contribution in [0, 0.1) is 0 Å². The van der Waals surface area contributed by atoms with Gasteiger partial charge in [0.1, 0.15) is 0 Å². The lowest BCUT2D eigenvalue weighted by Gasteiger charge is -2.16. The van der Waals surface area contributed by atoms with Gasteiger partial charge in [-0.25, -0.2) is 0 Å². The van der Waals surface area contributed by atoms with E-state index in [2.05, 4.69) is 0 Å². The summed E-state index contributed by atoms with van der Waals surface area (Å²) in [6.07, 6.45) is 0.218. The molecule has 0 aliphatic rings. The van der Waals surface area contributed by atoms with E-state index in [9.17, 15) is 9.59 Å². The summed E-state index contributed by atoms with van der Waals surface area (Å²) in [5.74, 6) is 0.0679. The molecule has 1 aromatic carbocycles. The van der Waals surface area contributed by atoms with Gasteiger partial charge >= 0.3 is 5.97 Å². The normalized spacial score (nSPS) is 11.7. The number of rotatable bonds is 7. The minimum atomic E-state index is -0.852. The maximum absolute atomic E-state index is 11.3. The van der Waals surface area contributed by atoms with Crippen LogP contribution in [0.15, 0.2) is 18.2 Å². The van der Waals surface area contributed by atoms with E-state index in [0.717, 1.165) is 0 Å². The van der Waals surface area contributed by atoms with Gasteiger partial charge in [-0.05, 0) is 38.5 Å². The Bertz CT molecular complexity index is 467. The lowest BCUT2D eigenvalue weighted by molar-refractivity contribution is -0.137. The summed E-state index contributed by atoms with van der Waals surface area (Å²) in [5, 5.41) is 8.61. The number of ketones is 1. The van der Waals surface area contributed by atoms with Gasteiger partial charge in [-0.15, -0.1) is 0 Å². The fraction of sp³-hybridized carbons (Fsp3) is 0.429. The molecule has 0 fully saturated rings. The number of aliphatic carboxylic acids is 1. The third-order valence-electron chi connectivity index (χ3n) is 2.66. The summed E-state index contributed by atoms with van der Waals surface area (Å²) >= 11 is 0. The van der Waals surface area contributed by atoms with Crippen LogP contribution < -0.4 is 9.47 Å². The second-order valence-corrected chi connectivity index (χ2v) is 4.28. The molecule has 0 amide bonds. The lowest BCUT2D eigenvalue weighted by Crippen LogP contribution is -2.14. The van der Waals surface area contributed by atoms with Crippen molar-refractivity contribution in [3.63, 3.8) is 0 Å². The van der Waals surface area contributed by atoms with Gasteiger partial charge in [0, 0.05) is 12.0 Å². The predicted octanol–water partition coefficient (Wildman–Crippen LogP) is 2.53. The first kappa shape index (κ1) is 15.0. The van der Waals surface area contributed by atoms with Gasteiger partial charge in [0.05, 0.1) is 13.2 Å². The maximum Gasteiger partial charge on any atom is 0.303 e. The van der Waals surface area contributed by atoms with E-state index >= 15 is 0 Å². The van der Waals surface area contributed by atoms with Crippen LogP contribution in [0.5, 0.6) is 11.5 Å². The molecule has 104 valence electrons. The second kappa shape index (κ2) is 6.78. The molecule has 0 aliphatic heterocycles. The smallest absolute Gasteiger partial charge is 0.303 e. The Labute approximate surface area is 112 Å². The van der Waals surface area contributed by atoms with Crippen molar-refractivity contribution in [2.24, 2.45) is 0 Å². The third kappa shape index (κ3) is 4.62. The van der Waals surface area contributed by atoms with Crippen LogP contribution in [0.2, 0.25) is 0 Å². The van der Waals surface area contributed by atoms with Gasteiger partial charge in [0.25, 0.3) is 0 Å². The average molecular weight is 266 g/mol. The number of carboxylic acids is 1. The molecule has 0 saturated carbocycles. The van der Waals surface area contributed by atoms with Crippen molar-refractivity contribution >= 4 is 11.8 Å². The molecule has 0 aromatic heterocycles. The molecular formula is C14H18O5. The van der Waals surface area contributed by atoms with Crippen molar-refractivity contribution in [2.75, 3.05) is 7.11 Å². The molecular weight excluding hydrogens is 248 g/mol. The summed E-state index contributed by atoms with van der Waals surface area (Å²) in [6, 6.07) is 4.93. The minimum absolute atomic E-state index is 0.0506. The first-order valence-electron chi connectivity index (χ1n) is 6.01. The van der Waals surface area contributed by atoms with Crippen LogP contribution in [0.1, 0.15) is 37.0 Å². The van der Waals surface area contributed by atoms with Crippen molar-refractivity contribution in [1.82, 2.24) is 0 Å². The van der Waals surface area contributed by atoms with Crippen molar-refractivity contribution in [3.8, 4) is 11.5 Å². The summed E-state index contributed by atoms with van der Waals surface area (Å²) in [7, 11) is 1.49. The lowest BCUT2D eigenvalue weighted by atomic mass is 10.1. The molecule has 1 rings (SSSR count). The van der Waals surface area contributed by atoms with Crippen molar-refractivity contribution in [1.29, 1.82) is 0 Å². The van der Waals surface area contributed by atoms with E-state index in [1.807, 2.05) is 0 Å². The van der Waals surface area contributed by atoms with Crippen LogP contribution in [-0.4, -0.2) is 30.1 Å². The van der Waals surface area contributed by atoms with E-state index in [-0.39, 0.29) is 18.3 Å². The summed E-state index contributed by atoms with van der Waals surface area (Å²) in [4.78, 5) is 21.7. The summed E-state index contributed by atoms with van der Waals surface area (Å²) in [6.45, 7) is 3.27. The number of hydrogen-bond acceptors (Lipinski definition) is 4. The Morgan fingerprint density at radius 2 is 2.00 bits per heavy atom. The Balaban J connectivity index is 2.77. The highest BCUT2D eigenvalue weighted by Crippen LogP contribution is 2.29. The highest BCUT2D eigenvalue weighted by atomic mass is 16.5. The summed E-state index contributed by atoms with van der Waals surface area (Å²) in [5.41, 5.74) is 0.544. The van der Waals surface area contributed by atoms with E-state index in [0.29, 0.717) is 23.5 Å². The van der Waals surface area contributed by atoms with Gasteiger partial charge < -0.3 is 14.6 Å². The quantitative estimate of drug-likeness (QED) is 0.768. The molecule has 0 heterocycles. The van der Waals surface area contributed by atoms with Gasteiger partial charge in [-0.3, -0.25) is 9.59 Å². The molecule has 0 radical (unpaired) electrons. The maximum atomic E-state index is 11.3. The van der Waals surface area contributed by atoms with Crippen LogP contribution >= 0.6 is 0 Å². The molecule has 5 nitrogen and oxygen atoms in total. The zero-order valence-corrected chi connectivity index (χ0v) is 11.3. The number of hydrogen-bond donors (Lipinski definition) is 1. The van der Waals surface area contributed by atoms with Crippen LogP contribution in [-0.2, 0) is 4.79 Å². The van der Waals surface area contributed by atoms with Gasteiger partial charge in [0.2, 0.25) is 0 Å².